The zero-order valence-corrected chi connectivity index (χ0v) is 23.0. The van der Waals surface area contributed by atoms with E-state index in [1.807, 2.05) is 0 Å². The lowest BCUT2D eigenvalue weighted by Gasteiger charge is -2.05. The highest BCUT2D eigenvalue weighted by atomic mass is 16.5. The molecule has 0 spiro atoms. The molecule has 0 aromatic rings. The summed E-state index contributed by atoms with van der Waals surface area (Å²) in [7, 11) is 0. The molecular weight excluding hydrogens is 400 g/mol. The van der Waals surface area contributed by atoms with Gasteiger partial charge in [0.15, 0.2) is 0 Å². The monoisotopic (exact) mass is 464 g/mol. The van der Waals surface area contributed by atoms with Crippen LogP contribution in [-0.2, 0) is 4.74 Å². The number of hydrogen-bond acceptors (Lipinski definition) is 1. The quantitative estimate of drug-likeness (QED) is 0.346. The fraction of sp³-hybridized carbons (Fsp3) is 1.00. The Balaban J connectivity index is 2.00. The molecule has 1 aliphatic heterocycles. The van der Waals surface area contributed by atoms with Gasteiger partial charge in [0.05, 0.1) is 0 Å². The van der Waals surface area contributed by atoms with Crippen LogP contribution in [0.25, 0.3) is 0 Å². The minimum atomic E-state index is 1.00. The Kier molecular flexibility index (Phi) is 26.5. The molecule has 1 aliphatic rings. The molecule has 0 radical (unpaired) electrons. The van der Waals surface area contributed by atoms with Crippen molar-refractivity contribution in [2.45, 2.75) is 193 Å². The first-order valence-corrected chi connectivity index (χ1v) is 16.1. The van der Waals surface area contributed by atoms with Gasteiger partial charge < -0.3 is 4.74 Å². The van der Waals surface area contributed by atoms with Crippen LogP contribution < -0.4 is 0 Å². The van der Waals surface area contributed by atoms with E-state index < -0.39 is 0 Å². The SMILES string of the molecule is C1CCCCCCCCCCCCCCCCOCCCCCCCCCCCCCCC1. The van der Waals surface area contributed by atoms with Gasteiger partial charge in [0.1, 0.15) is 0 Å². The molecular formula is C32H64O. The average molecular weight is 465 g/mol. The van der Waals surface area contributed by atoms with Crippen LogP contribution in [0.1, 0.15) is 193 Å². The van der Waals surface area contributed by atoms with E-state index >= 15 is 0 Å². The molecule has 1 heterocycles. The van der Waals surface area contributed by atoms with Crippen molar-refractivity contribution in [3.63, 3.8) is 0 Å². The molecule has 0 saturated carbocycles. The van der Waals surface area contributed by atoms with Crippen molar-refractivity contribution >= 4 is 0 Å². The molecule has 0 atom stereocenters. The zero-order valence-electron chi connectivity index (χ0n) is 23.0. The van der Waals surface area contributed by atoms with Crippen LogP contribution in [0.15, 0.2) is 0 Å². The van der Waals surface area contributed by atoms with Crippen molar-refractivity contribution in [3.8, 4) is 0 Å². The van der Waals surface area contributed by atoms with Gasteiger partial charge in [-0.05, 0) is 12.8 Å². The third kappa shape index (κ3) is 26.4. The fourth-order valence-electron chi connectivity index (χ4n) is 5.46. The second-order valence-corrected chi connectivity index (χ2v) is 11.2. The summed E-state index contributed by atoms with van der Waals surface area (Å²) < 4.78 is 5.85. The Morgan fingerprint density at radius 1 is 0.152 bits per heavy atom. The van der Waals surface area contributed by atoms with E-state index in [4.69, 9.17) is 4.74 Å². The summed E-state index contributed by atoms with van der Waals surface area (Å²) in [5.74, 6) is 0. The van der Waals surface area contributed by atoms with Crippen molar-refractivity contribution in [2.75, 3.05) is 13.2 Å². The Labute approximate surface area is 210 Å². The summed E-state index contributed by atoms with van der Waals surface area (Å²) in [6.07, 6.45) is 43.6. The molecule has 0 aromatic heterocycles. The lowest BCUT2D eigenvalue weighted by molar-refractivity contribution is 0.125. The Bertz CT molecular complexity index is 173. The van der Waals surface area contributed by atoms with Crippen LogP contribution in [0, 0.1) is 0 Å². The van der Waals surface area contributed by atoms with Crippen molar-refractivity contribution in [3.05, 3.63) is 0 Å². The standard InChI is InChI=1S/C32H64O/c1-2-4-6-8-10-12-14-16-18-20-22-24-26-28-30-32-33-31-29-27-25-23-21-19-17-15-13-11-9-7-5-3-1/h1-32H2. The number of rotatable bonds is 0. The third-order valence-corrected chi connectivity index (χ3v) is 7.83. The van der Waals surface area contributed by atoms with Crippen LogP contribution in [0.2, 0.25) is 0 Å². The highest BCUT2D eigenvalue weighted by Gasteiger charge is 1.98. The molecule has 0 bridgehead atoms. The lowest BCUT2D eigenvalue weighted by atomic mass is 10.0. The van der Waals surface area contributed by atoms with Gasteiger partial charge in [-0.15, -0.1) is 0 Å². The van der Waals surface area contributed by atoms with Crippen LogP contribution in [-0.4, -0.2) is 13.2 Å². The summed E-state index contributed by atoms with van der Waals surface area (Å²) in [6, 6.07) is 0. The lowest BCUT2D eigenvalue weighted by Crippen LogP contribution is -1.97. The van der Waals surface area contributed by atoms with E-state index in [1.54, 1.807) is 0 Å². The van der Waals surface area contributed by atoms with Crippen LogP contribution in [0.5, 0.6) is 0 Å². The van der Waals surface area contributed by atoms with Gasteiger partial charge in [0.2, 0.25) is 0 Å². The highest BCUT2D eigenvalue weighted by molar-refractivity contribution is 4.53. The van der Waals surface area contributed by atoms with E-state index in [9.17, 15) is 0 Å². The Morgan fingerprint density at radius 3 is 0.424 bits per heavy atom. The molecule has 1 heteroatoms. The zero-order chi connectivity index (χ0) is 23.3. The largest absolute Gasteiger partial charge is 0.381 e. The number of ether oxygens (including phenoxy) is 1. The van der Waals surface area contributed by atoms with E-state index in [2.05, 4.69) is 0 Å². The summed E-state index contributed by atoms with van der Waals surface area (Å²) in [5, 5.41) is 0. The molecule has 0 amide bonds. The molecule has 1 saturated heterocycles. The molecule has 0 aromatic carbocycles. The molecule has 198 valence electrons. The first-order valence-electron chi connectivity index (χ1n) is 16.1. The maximum Gasteiger partial charge on any atom is 0.0466 e. The summed E-state index contributed by atoms with van der Waals surface area (Å²) in [6.45, 7) is 2.00. The Hall–Kier alpha value is -0.0400. The van der Waals surface area contributed by atoms with E-state index in [1.165, 1.54) is 193 Å². The van der Waals surface area contributed by atoms with Gasteiger partial charge in [0.25, 0.3) is 0 Å². The average Bonchev–Trinajstić information content (AvgIpc) is 2.83. The molecule has 0 N–H and O–H groups in total. The first-order chi connectivity index (χ1) is 16.5. The molecule has 1 nitrogen and oxygen atoms in total. The highest BCUT2D eigenvalue weighted by Crippen LogP contribution is 2.16. The minimum absolute atomic E-state index is 1.00. The molecule has 1 fully saturated rings. The van der Waals surface area contributed by atoms with Gasteiger partial charge >= 0.3 is 0 Å². The van der Waals surface area contributed by atoms with Crippen LogP contribution in [0.4, 0.5) is 0 Å². The maximum atomic E-state index is 5.85. The summed E-state index contributed by atoms with van der Waals surface area (Å²) in [5.41, 5.74) is 0. The third-order valence-electron chi connectivity index (χ3n) is 7.83. The van der Waals surface area contributed by atoms with Gasteiger partial charge in [-0.1, -0.05) is 180 Å². The molecule has 0 unspecified atom stereocenters. The summed E-state index contributed by atoms with van der Waals surface area (Å²) in [4.78, 5) is 0. The van der Waals surface area contributed by atoms with Crippen LogP contribution >= 0.6 is 0 Å². The van der Waals surface area contributed by atoms with E-state index in [-0.39, 0.29) is 0 Å². The van der Waals surface area contributed by atoms with Crippen LogP contribution in [0.3, 0.4) is 0 Å². The van der Waals surface area contributed by atoms with E-state index in [0.717, 1.165) is 13.2 Å². The van der Waals surface area contributed by atoms with Gasteiger partial charge in [-0.3, -0.25) is 0 Å². The predicted octanol–water partition coefficient (Wildman–Crippen LogP) is 11.7. The second-order valence-electron chi connectivity index (χ2n) is 11.2. The smallest absolute Gasteiger partial charge is 0.0466 e. The fourth-order valence-corrected chi connectivity index (χ4v) is 5.46. The predicted molar refractivity (Wildman–Crippen MR) is 149 cm³/mol. The Morgan fingerprint density at radius 2 is 0.273 bits per heavy atom. The molecule has 0 aliphatic carbocycles. The molecule has 1 rings (SSSR count). The summed E-state index contributed by atoms with van der Waals surface area (Å²) >= 11 is 0. The topological polar surface area (TPSA) is 9.23 Å². The van der Waals surface area contributed by atoms with Crippen molar-refractivity contribution in [1.82, 2.24) is 0 Å². The van der Waals surface area contributed by atoms with Crippen molar-refractivity contribution in [2.24, 2.45) is 0 Å². The number of hydrogen-bond donors (Lipinski definition) is 0. The van der Waals surface area contributed by atoms with E-state index in [0.29, 0.717) is 0 Å². The van der Waals surface area contributed by atoms with Crippen molar-refractivity contribution < 1.29 is 4.74 Å². The second kappa shape index (κ2) is 28.2. The van der Waals surface area contributed by atoms with Gasteiger partial charge in [0, 0.05) is 13.2 Å². The van der Waals surface area contributed by atoms with Crippen molar-refractivity contribution in [1.29, 1.82) is 0 Å². The minimum Gasteiger partial charge on any atom is -0.381 e. The van der Waals surface area contributed by atoms with Gasteiger partial charge in [-0.25, -0.2) is 0 Å². The maximum absolute atomic E-state index is 5.85. The first kappa shape index (κ1) is 31.0. The normalized spacial score (nSPS) is 24.0. The molecule has 33 heavy (non-hydrogen) atoms. The van der Waals surface area contributed by atoms with Gasteiger partial charge in [-0.2, -0.15) is 0 Å².